The summed E-state index contributed by atoms with van der Waals surface area (Å²) in [4.78, 5) is 18.6. The molecule has 3 heterocycles. The van der Waals surface area contributed by atoms with Crippen molar-refractivity contribution in [1.82, 2.24) is 9.55 Å². The molecular formula is C17H12Cl2N2OS. The lowest BCUT2D eigenvalue weighted by molar-refractivity contribution is 0.900. The predicted octanol–water partition coefficient (Wildman–Crippen LogP) is 4.73. The average molecular weight is 363 g/mol. The van der Waals surface area contributed by atoms with Gasteiger partial charge in [0, 0.05) is 37.3 Å². The van der Waals surface area contributed by atoms with Crippen LogP contribution in [0.4, 0.5) is 0 Å². The minimum Gasteiger partial charge on any atom is -0.269 e. The van der Waals surface area contributed by atoms with E-state index in [0.717, 1.165) is 22.3 Å². The van der Waals surface area contributed by atoms with Gasteiger partial charge in [-0.15, -0.1) is 11.8 Å². The second-order valence-electron chi connectivity index (χ2n) is 5.58. The second-order valence-corrected chi connectivity index (χ2v) is 7.90. The zero-order chi connectivity index (χ0) is 16.1. The molecule has 3 nitrogen and oxygen atoms in total. The Morgan fingerprint density at radius 3 is 2.74 bits per heavy atom. The van der Waals surface area contributed by atoms with Crippen LogP contribution in [0.25, 0.3) is 16.7 Å². The van der Waals surface area contributed by atoms with Crippen LogP contribution in [0.3, 0.4) is 0 Å². The molecule has 116 valence electrons. The van der Waals surface area contributed by atoms with Crippen molar-refractivity contribution in [3.63, 3.8) is 0 Å². The lowest BCUT2D eigenvalue weighted by Gasteiger charge is -2.13. The summed E-state index contributed by atoms with van der Waals surface area (Å²) in [5, 5.41) is 2.37. The molecule has 3 aromatic rings. The number of thioether (sulfide) groups is 1. The van der Waals surface area contributed by atoms with Gasteiger partial charge in [-0.2, -0.15) is 0 Å². The van der Waals surface area contributed by atoms with Crippen LogP contribution in [-0.4, -0.2) is 14.8 Å². The van der Waals surface area contributed by atoms with Crippen LogP contribution in [0.5, 0.6) is 0 Å². The van der Waals surface area contributed by atoms with E-state index in [0.29, 0.717) is 26.6 Å². The summed E-state index contributed by atoms with van der Waals surface area (Å²) in [6.07, 6.45) is 2.46. The number of nitrogens with zero attached hydrogens (tertiary/aromatic N) is 2. The molecular weight excluding hydrogens is 351 g/mol. The molecule has 0 N–H and O–H groups in total. The molecule has 23 heavy (non-hydrogen) atoms. The fourth-order valence-corrected chi connectivity index (χ4v) is 4.76. The van der Waals surface area contributed by atoms with Gasteiger partial charge in [0.25, 0.3) is 5.56 Å². The first-order valence-corrected chi connectivity index (χ1v) is 8.84. The molecule has 1 aromatic carbocycles. The first-order chi connectivity index (χ1) is 11.0. The molecule has 0 saturated carbocycles. The lowest BCUT2D eigenvalue weighted by Crippen LogP contribution is -2.23. The largest absolute Gasteiger partial charge is 0.269 e. The van der Waals surface area contributed by atoms with Crippen molar-refractivity contribution in [2.75, 3.05) is 0 Å². The van der Waals surface area contributed by atoms with E-state index in [-0.39, 0.29) is 5.56 Å². The van der Waals surface area contributed by atoms with Gasteiger partial charge in [0.05, 0.1) is 5.69 Å². The summed E-state index contributed by atoms with van der Waals surface area (Å²) in [5.41, 5.74) is 2.08. The summed E-state index contributed by atoms with van der Waals surface area (Å²) in [6, 6.07) is 9.03. The van der Waals surface area contributed by atoms with Gasteiger partial charge in [-0.3, -0.25) is 9.36 Å². The van der Waals surface area contributed by atoms with Gasteiger partial charge in [0.15, 0.2) is 0 Å². The zero-order valence-corrected chi connectivity index (χ0v) is 14.5. The van der Waals surface area contributed by atoms with Gasteiger partial charge in [-0.25, -0.2) is 4.98 Å². The van der Waals surface area contributed by atoms with Gasteiger partial charge in [0.2, 0.25) is 0 Å². The molecule has 1 unspecified atom stereocenters. The summed E-state index contributed by atoms with van der Waals surface area (Å²) in [7, 11) is 0. The number of halogens is 2. The van der Waals surface area contributed by atoms with Crippen LogP contribution < -0.4 is 5.56 Å². The van der Waals surface area contributed by atoms with E-state index in [1.807, 2.05) is 12.1 Å². The highest BCUT2D eigenvalue weighted by molar-refractivity contribution is 8.00. The minimum absolute atomic E-state index is 0.0404. The first-order valence-electron chi connectivity index (χ1n) is 7.20. The fourth-order valence-electron chi connectivity index (χ4n) is 3.00. The number of aromatic nitrogens is 2. The number of rotatable bonds is 1. The van der Waals surface area contributed by atoms with Crippen LogP contribution in [0.1, 0.15) is 12.5 Å². The molecule has 6 heteroatoms. The Balaban J connectivity index is 2.14. The second kappa shape index (κ2) is 5.55. The molecule has 1 aliphatic rings. The quantitative estimate of drug-likeness (QED) is 0.627. The lowest BCUT2D eigenvalue weighted by atomic mass is 10.1. The molecule has 4 rings (SSSR count). The van der Waals surface area contributed by atoms with Crippen LogP contribution in [0, 0.1) is 0 Å². The topological polar surface area (TPSA) is 34.9 Å². The summed E-state index contributed by atoms with van der Waals surface area (Å²) >= 11 is 14.0. The van der Waals surface area contributed by atoms with E-state index in [4.69, 9.17) is 23.2 Å². The third kappa shape index (κ3) is 2.45. The molecule has 0 bridgehead atoms. The molecule has 2 aromatic heterocycles. The van der Waals surface area contributed by atoms with Crippen molar-refractivity contribution < 1.29 is 0 Å². The highest BCUT2D eigenvalue weighted by Crippen LogP contribution is 2.39. The van der Waals surface area contributed by atoms with E-state index in [1.54, 1.807) is 40.7 Å². The van der Waals surface area contributed by atoms with Gasteiger partial charge in [0.1, 0.15) is 5.65 Å². The molecule has 1 atom stereocenters. The van der Waals surface area contributed by atoms with Crippen LogP contribution >= 0.6 is 35.0 Å². The molecule has 0 amide bonds. The smallest absolute Gasteiger partial charge is 0.261 e. The number of hydrogen-bond acceptors (Lipinski definition) is 3. The molecule has 0 saturated heterocycles. The van der Waals surface area contributed by atoms with Crippen LogP contribution in [0.15, 0.2) is 46.2 Å². The van der Waals surface area contributed by atoms with Crippen LogP contribution in [-0.2, 0) is 6.42 Å². The molecule has 0 aliphatic carbocycles. The van der Waals surface area contributed by atoms with Crippen molar-refractivity contribution in [2.24, 2.45) is 0 Å². The molecule has 1 aliphatic heterocycles. The fraction of sp³-hybridized carbons (Fsp3) is 0.176. The Kier molecular flexibility index (Phi) is 3.63. The van der Waals surface area contributed by atoms with Gasteiger partial charge >= 0.3 is 0 Å². The number of pyridine rings is 2. The maximum Gasteiger partial charge on any atom is 0.261 e. The number of fused-ring (bicyclic) bond motifs is 3. The summed E-state index contributed by atoms with van der Waals surface area (Å²) in [6.45, 7) is 2.13. The Hall–Kier alpha value is -1.49. The summed E-state index contributed by atoms with van der Waals surface area (Å²) in [5.74, 6) is 0. The number of hydrogen-bond donors (Lipinski definition) is 0. The Bertz CT molecular complexity index is 980. The predicted molar refractivity (Wildman–Crippen MR) is 96.4 cm³/mol. The van der Waals surface area contributed by atoms with Crippen molar-refractivity contribution in [3.05, 3.63) is 62.5 Å². The standard InChI is InChI=1S/C17H12Cl2N2OS/c1-9-5-14-15(23-9)13-3-2-4-20-16(13)21(17(14)22)12-7-10(18)6-11(19)8-12/h2-4,6-9H,5H2,1H3. The first kappa shape index (κ1) is 15.1. The van der Waals surface area contributed by atoms with Gasteiger partial charge in [-0.05, 0) is 36.8 Å². The minimum atomic E-state index is -0.0404. The highest BCUT2D eigenvalue weighted by atomic mass is 35.5. The number of benzene rings is 1. The van der Waals surface area contributed by atoms with E-state index in [2.05, 4.69) is 11.9 Å². The molecule has 0 fully saturated rings. The third-order valence-electron chi connectivity index (χ3n) is 3.89. The van der Waals surface area contributed by atoms with Crippen molar-refractivity contribution in [3.8, 4) is 5.69 Å². The molecule has 0 radical (unpaired) electrons. The van der Waals surface area contributed by atoms with Crippen molar-refractivity contribution in [2.45, 2.75) is 23.5 Å². The zero-order valence-electron chi connectivity index (χ0n) is 12.2. The van der Waals surface area contributed by atoms with Crippen molar-refractivity contribution >= 4 is 46.0 Å². The van der Waals surface area contributed by atoms with Crippen molar-refractivity contribution in [1.29, 1.82) is 0 Å². The third-order valence-corrected chi connectivity index (χ3v) is 5.60. The maximum absolute atomic E-state index is 13.1. The van der Waals surface area contributed by atoms with E-state index >= 15 is 0 Å². The normalized spacial score (nSPS) is 16.7. The summed E-state index contributed by atoms with van der Waals surface area (Å²) < 4.78 is 1.62. The Labute approximate surface area is 147 Å². The molecule has 0 spiro atoms. The Morgan fingerprint density at radius 2 is 2.00 bits per heavy atom. The maximum atomic E-state index is 13.1. The Morgan fingerprint density at radius 1 is 1.26 bits per heavy atom. The average Bonchev–Trinajstić information content (AvgIpc) is 2.89. The van der Waals surface area contributed by atoms with E-state index in [1.165, 1.54) is 0 Å². The monoisotopic (exact) mass is 362 g/mol. The van der Waals surface area contributed by atoms with Crippen LogP contribution in [0.2, 0.25) is 10.0 Å². The SMILES string of the molecule is CC1Cc2c(c3cccnc3n(-c3cc(Cl)cc(Cl)c3)c2=O)S1. The van der Waals surface area contributed by atoms with E-state index in [9.17, 15) is 4.79 Å². The van der Waals surface area contributed by atoms with Gasteiger partial charge < -0.3 is 0 Å². The van der Waals surface area contributed by atoms with E-state index < -0.39 is 0 Å². The highest BCUT2D eigenvalue weighted by Gasteiger charge is 2.27. The van der Waals surface area contributed by atoms with Gasteiger partial charge in [-0.1, -0.05) is 30.1 Å².